The van der Waals surface area contributed by atoms with E-state index >= 15 is 0 Å². The van der Waals surface area contributed by atoms with Gasteiger partial charge in [0.15, 0.2) is 0 Å². The maximum Gasteiger partial charge on any atom is 0.253 e. The molecule has 1 aromatic rings. The SMILES string of the molecule is CN(C)Sc1ccc(N2CCCC2)c(C(=O)NCCCN2CCCC2=O)c1. The van der Waals surface area contributed by atoms with E-state index in [2.05, 4.69) is 22.3 Å². The Morgan fingerprint density at radius 1 is 1.19 bits per heavy atom. The molecule has 0 radical (unpaired) electrons. The lowest BCUT2D eigenvalue weighted by molar-refractivity contribution is -0.127. The van der Waals surface area contributed by atoms with E-state index in [0.29, 0.717) is 13.0 Å². The highest BCUT2D eigenvalue weighted by molar-refractivity contribution is 7.97. The number of hydrogen-bond acceptors (Lipinski definition) is 5. The van der Waals surface area contributed by atoms with Crippen molar-refractivity contribution in [2.45, 2.75) is 37.0 Å². The number of likely N-dealkylation sites (tertiary alicyclic amines) is 1. The van der Waals surface area contributed by atoms with E-state index in [4.69, 9.17) is 0 Å². The quantitative estimate of drug-likeness (QED) is 0.546. The van der Waals surface area contributed by atoms with Gasteiger partial charge in [0.25, 0.3) is 5.91 Å². The molecule has 0 atom stereocenters. The first-order valence-corrected chi connectivity index (χ1v) is 10.6. The topological polar surface area (TPSA) is 55.9 Å². The van der Waals surface area contributed by atoms with Gasteiger partial charge in [-0.1, -0.05) is 0 Å². The number of benzene rings is 1. The van der Waals surface area contributed by atoms with Gasteiger partial charge in [0.2, 0.25) is 5.91 Å². The second-order valence-electron chi connectivity index (χ2n) is 7.37. The molecule has 0 unspecified atom stereocenters. The second kappa shape index (κ2) is 9.46. The van der Waals surface area contributed by atoms with E-state index in [1.54, 1.807) is 11.9 Å². The fraction of sp³-hybridized carbons (Fsp3) is 0.600. The van der Waals surface area contributed by atoms with Crippen molar-refractivity contribution < 1.29 is 9.59 Å². The number of amides is 2. The fourth-order valence-corrected chi connectivity index (χ4v) is 4.43. The Bertz CT molecular complexity index is 674. The van der Waals surface area contributed by atoms with E-state index < -0.39 is 0 Å². The van der Waals surface area contributed by atoms with Crippen LogP contribution in [0.3, 0.4) is 0 Å². The van der Waals surface area contributed by atoms with Crippen molar-refractivity contribution in [3.8, 4) is 0 Å². The summed E-state index contributed by atoms with van der Waals surface area (Å²) in [6, 6.07) is 6.17. The lowest BCUT2D eigenvalue weighted by Gasteiger charge is -2.22. The highest BCUT2D eigenvalue weighted by Crippen LogP contribution is 2.30. The molecule has 7 heteroatoms. The maximum atomic E-state index is 12.9. The third kappa shape index (κ3) is 5.39. The monoisotopic (exact) mass is 390 g/mol. The molecule has 2 fully saturated rings. The molecule has 2 aliphatic heterocycles. The van der Waals surface area contributed by atoms with Crippen LogP contribution < -0.4 is 10.2 Å². The molecular formula is C20H30N4O2S. The summed E-state index contributed by atoms with van der Waals surface area (Å²) in [5, 5.41) is 3.06. The molecular weight excluding hydrogens is 360 g/mol. The summed E-state index contributed by atoms with van der Waals surface area (Å²) in [4.78, 5) is 29.8. The lowest BCUT2D eigenvalue weighted by atomic mass is 10.1. The molecule has 0 spiro atoms. The van der Waals surface area contributed by atoms with Crippen LogP contribution >= 0.6 is 11.9 Å². The number of hydrogen-bond donors (Lipinski definition) is 1. The van der Waals surface area contributed by atoms with Crippen molar-refractivity contribution in [2.24, 2.45) is 0 Å². The number of nitrogens with zero attached hydrogens (tertiary/aromatic N) is 3. The Hall–Kier alpha value is -1.73. The van der Waals surface area contributed by atoms with Crippen LogP contribution in [0.4, 0.5) is 5.69 Å². The summed E-state index contributed by atoms with van der Waals surface area (Å²) in [6.07, 6.45) is 4.78. The molecule has 2 saturated heterocycles. The normalized spacial score (nSPS) is 17.2. The minimum Gasteiger partial charge on any atom is -0.371 e. The summed E-state index contributed by atoms with van der Waals surface area (Å²) in [5.41, 5.74) is 1.78. The van der Waals surface area contributed by atoms with Crippen molar-refractivity contribution >= 4 is 29.4 Å². The van der Waals surface area contributed by atoms with Gasteiger partial charge in [-0.05, 0) is 69.9 Å². The van der Waals surface area contributed by atoms with Crippen LogP contribution in [0.5, 0.6) is 0 Å². The van der Waals surface area contributed by atoms with E-state index in [-0.39, 0.29) is 11.8 Å². The van der Waals surface area contributed by atoms with Gasteiger partial charge in [0.05, 0.1) is 5.56 Å². The van der Waals surface area contributed by atoms with Crippen molar-refractivity contribution in [1.82, 2.24) is 14.5 Å². The zero-order valence-electron chi connectivity index (χ0n) is 16.4. The number of carbonyl (C=O) groups is 2. The zero-order chi connectivity index (χ0) is 19.2. The second-order valence-corrected chi connectivity index (χ2v) is 8.75. The summed E-state index contributed by atoms with van der Waals surface area (Å²) < 4.78 is 2.03. The fourth-order valence-electron chi connectivity index (χ4n) is 3.71. The largest absolute Gasteiger partial charge is 0.371 e. The molecule has 0 bridgehead atoms. The van der Waals surface area contributed by atoms with Crippen LogP contribution in [0.25, 0.3) is 0 Å². The van der Waals surface area contributed by atoms with Crippen molar-refractivity contribution in [1.29, 1.82) is 0 Å². The molecule has 0 aliphatic carbocycles. The van der Waals surface area contributed by atoms with Crippen LogP contribution in [-0.2, 0) is 4.79 Å². The Balaban J connectivity index is 1.62. The van der Waals surface area contributed by atoms with Gasteiger partial charge in [0.1, 0.15) is 0 Å². The van der Waals surface area contributed by atoms with Crippen molar-refractivity contribution in [2.75, 3.05) is 51.7 Å². The Labute approximate surface area is 166 Å². The molecule has 1 aromatic carbocycles. The minimum atomic E-state index is -0.0224. The van der Waals surface area contributed by atoms with Gasteiger partial charge in [-0.2, -0.15) is 0 Å². The summed E-state index contributed by atoms with van der Waals surface area (Å²) in [6.45, 7) is 4.20. The van der Waals surface area contributed by atoms with E-state index in [0.717, 1.165) is 55.2 Å². The molecule has 2 amide bonds. The average molecular weight is 391 g/mol. The Morgan fingerprint density at radius 3 is 2.63 bits per heavy atom. The zero-order valence-corrected chi connectivity index (χ0v) is 17.2. The van der Waals surface area contributed by atoms with Gasteiger partial charge in [-0.3, -0.25) is 13.9 Å². The molecule has 3 rings (SSSR count). The van der Waals surface area contributed by atoms with Gasteiger partial charge in [-0.15, -0.1) is 0 Å². The predicted octanol–water partition coefficient (Wildman–Crippen LogP) is 2.60. The number of rotatable bonds is 8. The molecule has 6 nitrogen and oxygen atoms in total. The molecule has 0 aromatic heterocycles. The van der Waals surface area contributed by atoms with Crippen molar-refractivity contribution in [3.05, 3.63) is 23.8 Å². The molecule has 0 saturated carbocycles. The van der Waals surface area contributed by atoms with E-state index in [9.17, 15) is 9.59 Å². The lowest BCUT2D eigenvalue weighted by Crippen LogP contribution is -2.31. The highest BCUT2D eigenvalue weighted by Gasteiger charge is 2.21. The number of anilines is 1. The van der Waals surface area contributed by atoms with Crippen LogP contribution in [-0.4, -0.2) is 67.8 Å². The van der Waals surface area contributed by atoms with E-state index in [1.165, 1.54) is 12.8 Å². The predicted molar refractivity (Wildman–Crippen MR) is 110 cm³/mol. The van der Waals surface area contributed by atoms with Gasteiger partial charge < -0.3 is 15.1 Å². The summed E-state index contributed by atoms with van der Waals surface area (Å²) >= 11 is 1.62. The first kappa shape index (κ1) is 20.0. The smallest absolute Gasteiger partial charge is 0.253 e. The molecule has 2 heterocycles. The van der Waals surface area contributed by atoms with Crippen LogP contribution in [0.15, 0.2) is 23.1 Å². The van der Waals surface area contributed by atoms with Gasteiger partial charge in [0, 0.05) is 49.7 Å². The third-order valence-electron chi connectivity index (χ3n) is 5.01. The average Bonchev–Trinajstić information content (AvgIpc) is 3.30. The Morgan fingerprint density at radius 2 is 1.96 bits per heavy atom. The van der Waals surface area contributed by atoms with Gasteiger partial charge >= 0.3 is 0 Å². The summed E-state index contributed by atoms with van der Waals surface area (Å²) in [7, 11) is 4.00. The first-order valence-electron chi connectivity index (χ1n) is 9.85. The Kier molecular flexibility index (Phi) is 7.01. The van der Waals surface area contributed by atoms with Crippen molar-refractivity contribution in [3.63, 3.8) is 0 Å². The maximum absolute atomic E-state index is 12.9. The van der Waals surface area contributed by atoms with Crippen LogP contribution in [0.1, 0.15) is 42.5 Å². The number of nitrogens with one attached hydrogen (secondary N) is 1. The van der Waals surface area contributed by atoms with Gasteiger partial charge in [-0.25, -0.2) is 0 Å². The van der Waals surface area contributed by atoms with Crippen LogP contribution in [0, 0.1) is 0 Å². The first-order chi connectivity index (χ1) is 13.0. The van der Waals surface area contributed by atoms with E-state index in [1.807, 2.05) is 29.4 Å². The summed E-state index contributed by atoms with van der Waals surface area (Å²) in [5.74, 6) is 0.219. The number of carbonyl (C=O) groups excluding carboxylic acids is 2. The highest BCUT2D eigenvalue weighted by atomic mass is 32.2. The van der Waals surface area contributed by atoms with Crippen LogP contribution in [0.2, 0.25) is 0 Å². The molecule has 2 aliphatic rings. The standard InChI is InChI=1S/C20H30N4O2S/c1-22(2)27-16-8-9-18(23-11-3-4-12-23)17(15-16)20(26)21-10-6-14-24-13-5-7-19(24)25/h8-9,15H,3-7,10-14H2,1-2H3,(H,21,26). The molecule has 1 N–H and O–H groups in total. The minimum absolute atomic E-state index is 0.0224. The molecule has 27 heavy (non-hydrogen) atoms. The molecule has 148 valence electrons. The third-order valence-corrected chi connectivity index (χ3v) is 5.84.